The van der Waals surface area contributed by atoms with Gasteiger partial charge in [0.1, 0.15) is 5.75 Å². The minimum absolute atomic E-state index is 0. The molecule has 2 heterocycles. The van der Waals surface area contributed by atoms with Gasteiger partial charge in [-0.15, -0.1) is 12.4 Å². The average Bonchev–Trinajstić information content (AvgIpc) is 2.95. The molecule has 1 fully saturated rings. The van der Waals surface area contributed by atoms with Crippen molar-refractivity contribution in [3.63, 3.8) is 0 Å². The topological polar surface area (TPSA) is 53.6 Å². The molecule has 7 heteroatoms. The monoisotopic (exact) mass is 359 g/mol. The number of benzene rings is 1. The van der Waals surface area contributed by atoms with Crippen LogP contribution in [0.5, 0.6) is 5.75 Å². The van der Waals surface area contributed by atoms with Crippen molar-refractivity contribution in [2.75, 3.05) is 39.3 Å². The van der Waals surface area contributed by atoms with Crippen LogP contribution in [-0.2, 0) is 11.2 Å². The van der Waals surface area contributed by atoms with E-state index in [1.165, 1.54) is 0 Å². The number of piperazine rings is 1. The summed E-state index contributed by atoms with van der Waals surface area (Å²) >= 11 is 5.96. The van der Waals surface area contributed by atoms with Gasteiger partial charge in [0, 0.05) is 44.2 Å². The first kappa shape index (κ1) is 18.3. The van der Waals surface area contributed by atoms with E-state index in [0.29, 0.717) is 18.0 Å². The number of nitrogens with zero attached hydrogens (tertiary/aromatic N) is 1. The van der Waals surface area contributed by atoms with E-state index in [2.05, 4.69) is 15.5 Å². The van der Waals surface area contributed by atoms with Crippen molar-refractivity contribution in [1.29, 1.82) is 0 Å². The third-order valence-electron chi connectivity index (χ3n) is 4.15. The molecule has 2 N–H and O–H groups in total. The number of amides is 1. The minimum atomic E-state index is -0.423. The zero-order valence-electron chi connectivity index (χ0n) is 13.0. The van der Waals surface area contributed by atoms with Crippen molar-refractivity contribution in [2.24, 2.45) is 0 Å². The van der Waals surface area contributed by atoms with Crippen molar-refractivity contribution < 1.29 is 9.53 Å². The smallest absolute Gasteiger partial charge is 0.261 e. The van der Waals surface area contributed by atoms with Gasteiger partial charge in [0.25, 0.3) is 5.91 Å². The van der Waals surface area contributed by atoms with Crippen molar-refractivity contribution in [1.82, 2.24) is 15.5 Å². The second-order valence-corrected chi connectivity index (χ2v) is 6.24. The molecule has 0 aromatic heterocycles. The number of carbonyl (C=O) groups is 1. The van der Waals surface area contributed by atoms with Crippen molar-refractivity contribution in [3.05, 3.63) is 28.8 Å². The highest BCUT2D eigenvalue weighted by Gasteiger charge is 2.28. The molecule has 1 aromatic rings. The average molecular weight is 360 g/mol. The molecular formula is C16H23Cl2N3O2. The lowest BCUT2D eigenvalue weighted by Crippen LogP contribution is -2.44. The van der Waals surface area contributed by atoms with Gasteiger partial charge < -0.3 is 20.3 Å². The quantitative estimate of drug-likeness (QED) is 0.781. The number of hydrogen-bond donors (Lipinski definition) is 2. The molecule has 1 unspecified atom stereocenters. The first-order chi connectivity index (χ1) is 10.7. The highest BCUT2D eigenvalue weighted by atomic mass is 35.5. The van der Waals surface area contributed by atoms with Crippen LogP contribution in [-0.4, -0.2) is 56.2 Å². The first-order valence-electron chi connectivity index (χ1n) is 7.88. The number of halogens is 2. The number of rotatable bonds is 5. The van der Waals surface area contributed by atoms with Gasteiger partial charge in [0.2, 0.25) is 0 Å². The summed E-state index contributed by atoms with van der Waals surface area (Å²) in [7, 11) is 0. The summed E-state index contributed by atoms with van der Waals surface area (Å²) in [5.41, 5.74) is 1.01. The molecule has 1 atom stereocenters. The third-order valence-corrected chi connectivity index (χ3v) is 4.38. The summed E-state index contributed by atoms with van der Waals surface area (Å²) in [5, 5.41) is 6.99. The fraction of sp³-hybridized carbons (Fsp3) is 0.562. The predicted octanol–water partition coefficient (Wildman–Crippen LogP) is 1.48. The van der Waals surface area contributed by atoms with E-state index >= 15 is 0 Å². The second-order valence-electron chi connectivity index (χ2n) is 5.80. The molecule has 2 aliphatic rings. The van der Waals surface area contributed by atoms with E-state index in [0.717, 1.165) is 50.5 Å². The fourth-order valence-corrected chi connectivity index (χ4v) is 3.12. The second kappa shape index (κ2) is 8.73. The normalized spacial score (nSPS) is 20.3. The van der Waals surface area contributed by atoms with Crippen LogP contribution >= 0.6 is 24.0 Å². The summed E-state index contributed by atoms with van der Waals surface area (Å²) in [5.74, 6) is 0.734. The van der Waals surface area contributed by atoms with Gasteiger partial charge in [-0.1, -0.05) is 11.6 Å². The Bertz CT molecular complexity index is 536. The van der Waals surface area contributed by atoms with E-state index in [1.54, 1.807) is 6.07 Å². The summed E-state index contributed by atoms with van der Waals surface area (Å²) in [6.07, 6.45) is 1.14. The molecular weight excluding hydrogens is 337 g/mol. The lowest BCUT2D eigenvalue weighted by molar-refractivity contribution is -0.127. The van der Waals surface area contributed by atoms with Gasteiger partial charge in [-0.2, -0.15) is 0 Å². The number of nitrogens with one attached hydrogen (secondary N) is 2. The van der Waals surface area contributed by atoms with Crippen molar-refractivity contribution >= 4 is 29.9 Å². The molecule has 1 saturated heterocycles. The van der Waals surface area contributed by atoms with E-state index in [4.69, 9.17) is 16.3 Å². The summed E-state index contributed by atoms with van der Waals surface area (Å²) in [4.78, 5) is 14.6. The largest absolute Gasteiger partial charge is 0.480 e. The van der Waals surface area contributed by atoms with Crippen LogP contribution in [0.4, 0.5) is 0 Å². The molecule has 0 radical (unpaired) electrons. The van der Waals surface area contributed by atoms with Gasteiger partial charge in [-0.05, 0) is 36.7 Å². The standard InChI is InChI=1S/C16H22ClN3O2.ClH/c17-13-2-3-14-12(10-13)11-15(22-14)16(21)19-4-1-7-20-8-5-18-6-9-20;/h2-3,10,15,18H,1,4-9,11H2,(H,19,21);1H. The zero-order chi connectivity index (χ0) is 15.4. The third kappa shape index (κ3) is 4.98. The van der Waals surface area contributed by atoms with Crippen LogP contribution in [0.15, 0.2) is 18.2 Å². The maximum absolute atomic E-state index is 12.2. The van der Waals surface area contributed by atoms with Gasteiger partial charge in [0.05, 0.1) is 0 Å². The van der Waals surface area contributed by atoms with Crippen LogP contribution in [0, 0.1) is 0 Å². The Labute approximate surface area is 148 Å². The molecule has 0 spiro atoms. The van der Waals surface area contributed by atoms with Crippen LogP contribution in [0.3, 0.4) is 0 Å². The van der Waals surface area contributed by atoms with Gasteiger partial charge in [-0.3, -0.25) is 4.79 Å². The van der Waals surface area contributed by atoms with E-state index in [1.807, 2.05) is 12.1 Å². The van der Waals surface area contributed by atoms with Gasteiger partial charge in [0.15, 0.2) is 6.10 Å². The molecule has 1 aromatic carbocycles. The molecule has 2 aliphatic heterocycles. The van der Waals surface area contributed by atoms with E-state index < -0.39 is 6.10 Å². The molecule has 5 nitrogen and oxygen atoms in total. The van der Waals surface area contributed by atoms with Crippen molar-refractivity contribution in [2.45, 2.75) is 18.9 Å². The highest BCUT2D eigenvalue weighted by molar-refractivity contribution is 6.30. The molecule has 1 amide bonds. The number of fused-ring (bicyclic) bond motifs is 1. The van der Waals surface area contributed by atoms with Gasteiger partial charge >= 0.3 is 0 Å². The molecule has 128 valence electrons. The Morgan fingerprint density at radius 3 is 2.96 bits per heavy atom. The highest BCUT2D eigenvalue weighted by Crippen LogP contribution is 2.31. The lowest BCUT2D eigenvalue weighted by atomic mass is 10.1. The number of hydrogen-bond acceptors (Lipinski definition) is 4. The molecule has 0 aliphatic carbocycles. The Kier molecular flexibility index (Phi) is 6.96. The van der Waals surface area contributed by atoms with Gasteiger partial charge in [-0.25, -0.2) is 0 Å². The molecule has 0 bridgehead atoms. The minimum Gasteiger partial charge on any atom is -0.480 e. The maximum Gasteiger partial charge on any atom is 0.261 e. The van der Waals surface area contributed by atoms with Crippen LogP contribution in [0.25, 0.3) is 0 Å². The number of carbonyl (C=O) groups excluding carboxylic acids is 1. The fourth-order valence-electron chi connectivity index (χ4n) is 2.93. The Hall–Kier alpha value is -1.01. The van der Waals surface area contributed by atoms with E-state index in [-0.39, 0.29) is 18.3 Å². The van der Waals surface area contributed by atoms with Crippen LogP contribution in [0.2, 0.25) is 5.02 Å². The van der Waals surface area contributed by atoms with Crippen LogP contribution in [0.1, 0.15) is 12.0 Å². The zero-order valence-corrected chi connectivity index (χ0v) is 14.6. The Balaban J connectivity index is 0.00000192. The summed E-state index contributed by atoms with van der Waals surface area (Å²) < 4.78 is 5.68. The van der Waals surface area contributed by atoms with Crippen molar-refractivity contribution in [3.8, 4) is 5.75 Å². The predicted molar refractivity (Wildman–Crippen MR) is 93.8 cm³/mol. The first-order valence-corrected chi connectivity index (χ1v) is 8.26. The maximum atomic E-state index is 12.2. The summed E-state index contributed by atoms with van der Waals surface area (Å²) in [6, 6.07) is 5.48. The van der Waals surface area contributed by atoms with Crippen LogP contribution < -0.4 is 15.4 Å². The van der Waals surface area contributed by atoms with E-state index in [9.17, 15) is 4.79 Å². The summed E-state index contributed by atoms with van der Waals surface area (Å²) in [6.45, 7) is 6.03. The Morgan fingerprint density at radius 2 is 2.17 bits per heavy atom. The SMILES string of the molecule is Cl.O=C(NCCCN1CCNCC1)C1Cc2cc(Cl)ccc2O1. The molecule has 3 rings (SSSR count). The lowest BCUT2D eigenvalue weighted by Gasteiger charge is -2.27. The molecule has 23 heavy (non-hydrogen) atoms. The number of ether oxygens (including phenoxy) is 1. The Morgan fingerprint density at radius 1 is 1.39 bits per heavy atom. The molecule has 0 saturated carbocycles.